The molecule has 2 rings (SSSR count). The molecule has 0 spiro atoms. The molecular formula is C35H57NO9. The summed E-state index contributed by atoms with van der Waals surface area (Å²) in [5, 5.41) is 0. The van der Waals surface area contributed by atoms with Crippen LogP contribution in [0.4, 0.5) is 9.59 Å². The van der Waals surface area contributed by atoms with E-state index < -0.39 is 41.5 Å². The van der Waals surface area contributed by atoms with Crippen LogP contribution in [-0.4, -0.2) is 86.0 Å². The Kier molecular flexibility index (Phi) is 14.3. The lowest BCUT2D eigenvalue weighted by Gasteiger charge is -2.42. The molecule has 1 aliphatic carbocycles. The molecule has 0 radical (unpaired) electrons. The lowest BCUT2D eigenvalue weighted by molar-refractivity contribution is -0.137. The summed E-state index contributed by atoms with van der Waals surface area (Å²) >= 11 is 0. The van der Waals surface area contributed by atoms with Crippen molar-refractivity contribution in [2.24, 2.45) is 11.8 Å². The molecule has 10 nitrogen and oxygen atoms in total. The Labute approximate surface area is 270 Å². The van der Waals surface area contributed by atoms with Gasteiger partial charge in [0.05, 0.1) is 6.04 Å². The standard InChI is InChI=1S/C35H57NO9/c1-22(2)25(18-24-14-15-28(41-12)30(19-24)42-17-13-16-40-11)20-27-29(43-33(39)45-35(8,9)10)21-26(23(3)4)31(37)36(27)32(38)44-34(5,6)7/h14-15,19,22,25,27-30H,13,16-18,20-21H2,1-12H3/t25-,27-,28?,29-,30?/m0/s1. The van der Waals surface area contributed by atoms with E-state index in [-0.39, 0.29) is 30.5 Å². The second kappa shape index (κ2) is 16.7. The Morgan fingerprint density at radius 1 is 0.978 bits per heavy atom. The Morgan fingerprint density at radius 3 is 2.16 bits per heavy atom. The fourth-order valence-corrected chi connectivity index (χ4v) is 5.42. The van der Waals surface area contributed by atoms with Crippen LogP contribution in [0.3, 0.4) is 0 Å². The summed E-state index contributed by atoms with van der Waals surface area (Å²) in [6, 6.07) is -0.767. The monoisotopic (exact) mass is 635 g/mol. The van der Waals surface area contributed by atoms with Crippen LogP contribution in [0.25, 0.3) is 0 Å². The number of allylic oxidation sites excluding steroid dienone is 3. The average molecular weight is 636 g/mol. The molecule has 2 aliphatic rings. The first-order valence-corrected chi connectivity index (χ1v) is 16.0. The van der Waals surface area contributed by atoms with Crippen LogP contribution in [0.5, 0.6) is 0 Å². The number of carbonyl (C=O) groups excluding carboxylic acids is 3. The summed E-state index contributed by atoms with van der Waals surface area (Å²) in [5.41, 5.74) is 0.621. The zero-order valence-corrected chi connectivity index (χ0v) is 29.6. The maximum atomic E-state index is 13.9. The fraction of sp³-hybridized carbons (Fsp3) is 0.743. The number of piperidine rings is 1. The number of likely N-dealkylation sites (tertiary alicyclic amines) is 1. The molecule has 10 heteroatoms. The molecule has 45 heavy (non-hydrogen) atoms. The van der Waals surface area contributed by atoms with Crippen LogP contribution < -0.4 is 0 Å². The van der Waals surface area contributed by atoms with E-state index in [2.05, 4.69) is 19.9 Å². The summed E-state index contributed by atoms with van der Waals surface area (Å²) in [4.78, 5) is 41.7. The van der Waals surface area contributed by atoms with Gasteiger partial charge in [-0.3, -0.25) is 4.79 Å². The Morgan fingerprint density at radius 2 is 1.62 bits per heavy atom. The van der Waals surface area contributed by atoms with Gasteiger partial charge in [0, 0.05) is 39.4 Å². The van der Waals surface area contributed by atoms with Gasteiger partial charge in [-0.25, -0.2) is 14.5 Å². The average Bonchev–Trinajstić information content (AvgIpc) is 2.89. The van der Waals surface area contributed by atoms with E-state index in [0.717, 1.165) is 22.5 Å². The minimum absolute atomic E-state index is 0.00913. The summed E-state index contributed by atoms with van der Waals surface area (Å²) in [6.07, 6.45) is 5.24. The lowest BCUT2D eigenvalue weighted by atomic mass is 9.79. The predicted octanol–water partition coefficient (Wildman–Crippen LogP) is 7.16. The molecule has 2 amide bonds. The molecule has 0 bridgehead atoms. The second-order valence-corrected chi connectivity index (χ2v) is 14.5. The van der Waals surface area contributed by atoms with Gasteiger partial charge in [0.2, 0.25) is 0 Å². The van der Waals surface area contributed by atoms with Gasteiger partial charge in [-0.05, 0) is 98.1 Å². The maximum Gasteiger partial charge on any atom is 0.509 e. The normalized spacial score (nSPS) is 23.1. The van der Waals surface area contributed by atoms with E-state index in [1.54, 1.807) is 55.8 Å². The lowest BCUT2D eigenvalue weighted by Crippen LogP contribution is -2.58. The van der Waals surface area contributed by atoms with Gasteiger partial charge < -0.3 is 28.4 Å². The third-order valence-corrected chi connectivity index (χ3v) is 7.74. The molecule has 2 unspecified atom stereocenters. The number of methoxy groups -OCH3 is 2. The van der Waals surface area contributed by atoms with Crippen molar-refractivity contribution in [3.05, 3.63) is 34.9 Å². The number of nitrogens with zero attached hydrogens (tertiary/aromatic N) is 1. The predicted molar refractivity (Wildman–Crippen MR) is 173 cm³/mol. The molecule has 0 aromatic heterocycles. The van der Waals surface area contributed by atoms with Crippen molar-refractivity contribution in [1.82, 2.24) is 4.90 Å². The largest absolute Gasteiger partial charge is 0.509 e. The zero-order chi connectivity index (χ0) is 34.1. The number of hydrogen-bond donors (Lipinski definition) is 0. The van der Waals surface area contributed by atoms with E-state index >= 15 is 0 Å². The minimum atomic E-state index is -0.845. The Bertz CT molecular complexity index is 1110. The van der Waals surface area contributed by atoms with Gasteiger partial charge >= 0.3 is 12.2 Å². The van der Waals surface area contributed by atoms with Crippen molar-refractivity contribution in [3.8, 4) is 0 Å². The van der Waals surface area contributed by atoms with E-state index in [4.69, 9.17) is 28.4 Å². The van der Waals surface area contributed by atoms with Crippen LogP contribution in [-0.2, 0) is 33.2 Å². The van der Waals surface area contributed by atoms with Crippen LogP contribution in [0, 0.1) is 11.8 Å². The van der Waals surface area contributed by atoms with E-state index in [0.29, 0.717) is 31.6 Å². The second-order valence-electron chi connectivity index (χ2n) is 14.5. The third kappa shape index (κ3) is 12.2. The summed E-state index contributed by atoms with van der Waals surface area (Å²) in [5.74, 6) is -0.247. The van der Waals surface area contributed by atoms with Crippen LogP contribution >= 0.6 is 0 Å². The highest BCUT2D eigenvalue weighted by molar-refractivity contribution is 6.04. The highest BCUT2D eigenvalue weighted by atomic mass is 16.7. The van der Waals surface area contributed by atoms with E-state index in [1.807, 2.05) is 26.0 Å². The number of imide groups is 1. The maximum absolute atomic E-state index is 13.9. The van der Waals surface area contributed by atoms with E-state index in [9.17, 15) is 14.4 Å². The smallest absolute Gasteiger partial charge is 0.443 e. The van der Waals surface area contributed by atoms with Crippen molar-refractivity contribution in [3.63, 3.8) is 0 Å². The van der Waals surface area contributed by atoms with Crippen molar-refractivity contribution >= 4 is 18.2 Å². The molecule has 5 atom stereocenters. The summed E-state index contributed by atoms with van der Waals surface area (Å²) < 4.78 is 34.1. The minimum Gasteiger partial charge on any atom is -0.443 e. The molecule has 1 heterocycles. The Hall–Kier alpha value is -2.69. The third-order valence-electron chi connectivity index (χ3n) is 7.74. The zero-order valence-electron chi connectivity index (χ0n) is 29.6. The fourth-order valence-electron chi connectivity index (χ4n) is 5.42. The number of rotatable bonds is 12. The molecule has 0 aromatic rings. The van der Waals surface area contributed by atoms with Gasteiger partial charge in [0.15, 0.2) is 0 Å². The van der Waals surface area contributed by atoms with Crippen LogP contribution in [0.2, 0.25) is 0 Å². The van der Waals surface area contributed by atoms with Gasteiger partial charge in [-0.1, -0.05) is 31.6 Å². The Balaban J connectivity index is 2.48. The molecule has 1 saturated heterocycles. The van der Waals surface area contributed by atoms with Crippen LogP contribution in [0.1, 0.15) is 94.9 Å². The van der Waals surface area contributed by atoms with Gasteiger partial charge in [0.1, 0.15) is 29.5 Å². The molecule has 256 valence electrons. The number of carbonyl (C=O) groups is 3. The molecule has 1 aliphatic heterocycles. The van der Waals surface area contributed by atoms with Crippen molar-refractivity contribution in [2.45, 2.75) is 130 Å². The number of amides is 2. The highest BCUT2D eigenvalue weighted by Crippen LogP contribution is 2.37. The first kappa shape index (κ1) is 38.5. The van der Waals surface area contributed by atoms with Gasteiger partial charge in [-0.2, -0.15) is 0 Å². The van der Waals surface area contributed by atoms with Gasteiger partial charge in [0.25, 0.3) is 5.91 Å². The van der Waals surface area contributed by atoms with Crippen molar-refractivity contribution < 1.29 is 42.8 Å². The highest BCUT2D eigenvalue weighted by Gasteiger charge is 2.47. The molecular weight excluding hydrogens is 578 g/mol. The molecule has 0 aromatic carbocycles. The van der Waals surface area contributed by atoms with Crippen molar-refractivity contribution in [1.29, 1.82) is 0 Å². The molecule has 0 saturated carbocycles. The molecule has 0 N–H and O–H groups in total. The van der Waals surface area contributed by atoms with Crippen molar-refractivity contribution in [2.75, 3.05) is 27.4 Å². The quantitative estimate of drug-likeness (QED) is 0.125. The van der Waals surface area contributed by atoms with Crippen LogP contribution in [0.15, 0.2) is 34.9 Å². The first-order valence-electron chi connectivity index (χ1n) is 16.0. The van der Waals surface area contributed by atoms with E-state index in [1.165, 1.54) is 0 Å². The molecule has 1 fully saturated rings. The first-order chi connectivity index (χ1) is 20.9. The summed E-state index contributed by atoms with van der Waals surface area (Å²) in [7, 11) is 3.33. The number of ether oxygens (including phenoxy) is 6. The topological polar surface area (TPSA) is 110 Å². The summed E-state index contributed by atoms with van der Waals surface area (Å²) in [6.45, 7) is 19.5. The SMILES string of the molecule is COCCCOC1C=C(C[C@@H](C[C@H]2[C@@H](OC(=O)OC(C)(C)C)CC(=C(C)C)C(=O)N2C(=O)OC(C)(C)C)C(C)C)C=CC1OC. The number of hydrogen-bond acceptors (Lipinski definition) is 9. The van der Waals surface area contributed by atoms with Gasteiger partial charge in [-0.15, -0.1) is 0 Å².